The zero-order valence-electron chi connectivity index (χ0n) is 25.7. The lowest BCUT2D eigenvalue weighted by Gasteiger charge is -2.40. The zero-order valence-corrected chi connectivity index (χ0v) is 25.7. The van der Waals surface area contributed by atoms with Gasteiger partial charge in [0.2, 0.25) is 0 Å². The molecule has 2 aliphatic heterocycles. The molecule has 2 aliphatic rings. The Hall–Kier alpha value is -2.58. The standard InChI is InChI=1S/C33H46NO6.CH3/c1-6-27(36-23(4)35)19-30-22-31(21-29-20-28(7-2)37-32(8-3)38-29)40-33(39-30)26-13-11-24(12-14-26)9-10-25-15-17-34(5)18-16-25;/h9-18,27-33H,6-8,19-22H2,1-5H3;1H3/q+1;-1/b10-9+;. The van der Waals surface area contributed by atoms with Crippen molar-refractivity contribution in [2.75, 3.05) is 0 Å². The maximum Gasteiger partial charge on any atom is 0.302 e. The molecule has 2 saturated heterocycles. The molecule has 0 radical (unpaired) electrons. The molecule has 7 atom stereocenters. The van der Waals surface area contributed by atoms with Crippen LogP contribution in [-0.4, -0.2) is 42.8 Å². The molecule has 7 nitrogen and oxygen atoms in total. The van der Waals surface area contributed by atoms with Crippen molar-refractivity contribution < 1.29 is 33.0 Å². The van der Waals surface area contributed by atoms with Crippen molar-refractivity contribution in [1.29, 1.82) is 0 Å². The Labute approximate surface area is 246 Å². The van der Waals surface area contributed by atoms with E-state index in [-0.39, 0.29) is 50.2 Å². The highest BCUT2D eigenvalue weighted by molar-refractivity contribution is 5.69. The van der Waals surface area contributed by atoms with Gasteiger partial charge in [-0.1, -0.05) is 57.2 Å². The van der Waals surface area contributed by atoms with E-state index in [2.05, 4.69) is 62.4 Å². The van der Waals surface area contributed by atoms with Gasteiger partial charge in [-0.05, 0) is 30.4 Å². The minimum absolute atomic E-state index is 0. The van der Waals surface area contributed by atoms with Crippen LogP contribution < -0.4 is 4.57 Å². The number of pyridine rings is 1. The van der Waals surface area contributed by atoms with Gasteiger partial charge in [-0.25, -0.2) is 4.57 Å². The number of aromatic nitrogens is 1. The summed E-state index contributed by atoms with van der Waals surface area (Å²) >= 11 is 0. The molecule has 2 aromatic rings. The number of hydrogen-bond acceptors (Lipinski definition) is 6. The molecule has 0 amide bonds. The monoisotopic (exact) mass is 567 g/mol. The number of ether oxygens (including phenoxy) is 5. The van der Waals surface area contributed by atoms with Gasteiger partial charge in [0.1, 0.15) is 13.2 Å². The smallest absolute Gasteiger partial charge is 0.302 e. The van der Waals surface area contributed by atoms with Crippen LogP contribution in [0.25, 0.3) is 12.2 Å². The van der Waals surface area contributed by atoms with Crippen molar-refractivity contribution in [3.63, 3.8) is 0 Å². The number of rotatable bonds is 11. The van der Waals surface area contributed by atoms with E-state index in [0.717, 1.165) is 55.2 Å². The van der Waals surface area contributed by atoms with E-state index in [4.69, 9.17) is 23.7 Å². The molecule has 0 spiro atoms. The maximum atomic E-state index is 11.7. The third kappa shape index (κ3) is 10.0. The van der Waals surface area contributed by atoms with Crippen LogP contribution >= 0.6 is 0 Å². The third-order valence-corrected chi connectivity index (χ3v) is 7.68. The Kier molecular flexibility index (Phi) is 13.0. The Morgan fingerprint density at radius 1 is 0.878 bits per heavy atom. The summed E-state index contributed by atoms with van der Waals surface area (Å²) < 4.78 is 32.9. The van der Waals surface area contributed by atoms with E-state index in [9.17, 15) is 4.79 Å². The summed E-state index contributed by atoms with van der Waals surface area (Å²) in [5.74, 6) is -0.258. The molecule has 41 heavy (non-hydrogen) atoms. The fourth-order valence-electron chi connectivity index (χ4n) is 5.42. The van der Waals surface area contributed by atoms with Crippen molar-refractivity contribution in [3.05, 3.63) is 72.9 Å². The van der Waals surface area contributed by atoms with Crippen LogP contribution in [0, 0.1) is 7.43 Å². The first kappa shape index (κ1) is 32.9. The maximum absolute atomic E-state index is 11.7. The Balaban J connectivity index is 0.00000462. The summed E-state index contributed by atoms with van der Waals surface area (Å²) in [5, 5.41) is 0. The molecule has 226 valence electrons. The van der Waals surface area contributed by atoms with Crippen LogP contribution in [-0.2, 0) is 35.5 Å². The number of hydrogen-bond donors (Lipinski definition) is 0. The molecule has 1 aromatic carbocycles. The summed E-state index contributed by atoms with van der Waals surface area (Å²) in [6.07, 6.45) is 13.2. The molecule has 0 bridgehead atoms. The van der Waals surface area contributed by atoms with Crippen LogP contribution in [0.4, 0.5) is 0 Å². The minimum Gasteiger partial charge on any atom is -0.462 e. The molecule has 3 heterocycles. The van der Waals surface area contributed by atoms with Crippen molar-refractivity contribution in [1.82, 2.24) is 0 Å². The highest BCUT2D eigenvalue weighted by Crippen LogP contribution is 2.36. The van der Waals surface area contributed by atoms with Crippen molar-refractivity contribution in [3.8, 4) is 0 Å². The zero-order chi connectivity index (χ0) is 28.5. The lowest BCUT2D eigenvalue weighted by molar-refractivity contribution is -0.671. The van der Waals surface area contributed by atoms with Gasteiger partial charge >= 0.3 is 5.97 Å². The Morgan fingerprint density at radius 2 is 1.46 bits per heavy atom. The van der Waals surface area contributed by atoms with Crippen LogP contribution in [0.3, 0.4) is 0 Å². The van der Waals surface area contributed by atoms with Crippen molar-refractivity contribution in [2.24, 2.45) is 7.05 Å². The number of nitrogens with zero attached hydrogens (tertiary/aromatic N) is 1. The van der Waals surface area contributed by atoms with Gasteiger partial charge in [0.05, 0.1) is 24.4 Å². The normalized spacial score (nSPS) is 27.2. The molecule has 2 fully saturated rings. The van der Waals surface area contributed by atoms with Crippen molar-refractivity contribution >= 4 is 18.1 Å². The highest BCUT2D eigenvalue weighted by Gasteiger charge is 2.37. The first-order chi connectivity index (χ1) is 19.3. The van der Waals surface area contributed by atoms with E-state index in [1.807, 2.05) is 30.9 Å². The van der Waals surface area contributed by atoms with Crippen molar-refractivity contribution in [2.45, 2.75) is 116 Å². The van der Waals surface area contributed by atoms with Gasteiger partial charge in [-0.15, -0.1) is 0 Å². The summed E-state index contributed by atoms with van der Waals surface area (Å²) in [5.41, 5.74) is 3.23. The second kappa shape index (κ2) is 16.2. The third-order valence-electron chi connectivity index (χ3n) is 7.68. The predicted molar refractivity (Wildman–Crippen MR) is 160 cm³/mol. The number of aryl methyl sites for hydroxylation is 1. The second-order valence-corrected chi connectivity index (χ2v) is 11.0. The average Bonchev–Trinajstić information content (AvgIpc) is 2.96. The summed E-state index contributed by atoms with van der Waals surface area (Å²) in [7, 11) is 2.01. The highest BCUT2D eigenvalue weighted by atomic mass is 16.7. The van der Waals surface area contributed by atoms with Crippen LogP contribution in [0.1, 0.15) is 95.6 Å². The second-order valence-electron chi connectivity index (χ2n) is 11.0. The van der Waals surface area contributed by atoms with E-state index in [1.165, 1.54) is 6.92 Å². The predicted octanol–water partition coefficient (Wildman–Crippen LogP) is 6.75. The topological polar surface area (TPSA) is 67.1 Å². The Morgan fingerprint density at radius 3 is 2.07 bits per heavy atom. The molecular formula is C34H49NO6. The lowest BCUT2D eigenvalue weighted by Crippen LogP contribution is -2.42. The molecule has 1 aromatic heterocycles. The van der Waals surface area contributed by atoms with E-state index in [0.29, 0.717) is 6.42 Å². The van der Waals surface area contributed by atoms with Crippen LogP contribution in [0.5, 0.6) is 0 Å². The van der Waals surface area contributed by atoms with E-state index >= 15 is 0 Å². The average molecular weight is 568 g/mol. The molecular weight excluding hydrogens is 518 g/mol. The van der Waals surface area contributed by atoms with E-state index in [1.54, 1.807) is 0 Å². The van der Waals surface area contributed by atoms with Gasteiger partial charge < -0.3 is 31.1 Å². The molecule has 0 N–H and O–H groups in total. The fourth-order valence-corrected chi connectivity index (χ4v) is 5.42. The summed E-state index contributed by atoms with van der Waals surface area (Å²) in [6, 6.07) is 12.5. The molecule has 7 unspecified atom stereocenters. The van der Waals surface area contributed by atoms with Gasteiger partial charge in [-0.3, -0.25) is 4.79 Å². The number of carbonyl (C=O) groups is 1. The number of benzene rings is 1. The van der Waals surface area contributed by atoms with Gasteiger partial charge in [-0.2, -0.15) is 0 Å². The quantitative estimate of drug-likeness (QED) is 0.170. The van der Waals surface area contributed by atoms with Crippen LogP contribution in [0.15, 0.2) is 48.8 Å². The Bertz CT molecular complexity index is 1070. The largest absolute Gasteiger partial charge is 0.462 e. The summed E-state index contributed by atoms with van der Waals surface area (Å²) in [4.78, 5) is 11.7. The SMILES string of the molecule is CCC(CC1CC(CC2CC(CC)OC(CC)O2)OC(c2ccc(/C=C/c3cc[n+](C)cc3)cc2)O1)OC(C)=O.[CH3-]. The first-order valence-electron chi connectivity index (χ1n) is 14.9. The molecule has 0 aliphatic carbocycles. The lowest BCUT2D eigenvalue weighted by atomic mass is 9.95. The van der Waals surface area contributed by atoms with E-state index < -0.39 is 6.29 Å². The van der Waals surface area contributed by atoms with Gasteiger partial charge in [0.25, 0.3) is 0 Å². The van der Waals surface area contributed by atoms with Crippen LogP contribution in [0.2, 0.25) is 0 Å². The first-order valence-corrected chi connectivity index (χ1v) is 14.9. The molecule has 0 saturated carbocycles. The number of carbonyl (C=O) groups excluding carboxylic acids is 1. The fraction of sp³-hybridized carbons (Fsp3) is 0.559. The van der Waals surface area contributed by atoms with Gasteiger partial charge in [0, 0.05) is 50.3 Å². The van der Waals surface area contributed by atoms with Gasteiger partial charge in [0.15, 0.2) is 25.0 Å². The number of esters is 1. The summed E-state index contributed by atoms with van der Waals surface area (Å²) in [6.45, 7) is 7.75. The molecule has 7 heteroatoms. The minimum atomic E-state index is -0.491. The molecule has 4 rings (SSSR count).